The van der Waals surface area contributed by atoms with E-state index in [4.69, 9.17) is 9.47 Å². The number of esters is 2. The largest absolute Gasteiger partial charge is 0.481 e. The molecule has 0 saturated carbocycles. The fraction of sp³-hybridized carbons (Fsp3) is 0.619. The van der Waals surface area contributed by atoms with Gasteiger partial charge in [-0.1, -0.05) is 6.07 Å². The first-order valence-corrected chi connectivity index (χ1v) is 9.98. The van der Waals surface area contributed by atoms with Gasteiger partial charge in [-0.05, 0) is 32.8 Å². The van der Waals surface area contributed by atoms with E-state index in [1.54, 1.807) is 48.9 Å². The van der Waals surface area contributed by atoms with Crippen LogP contribution in [0.2, 0.25) is 0 Å². The molecule has 9 heteroatoms. The highest BCUT2D eigenvalue weighted by molar-refractivity contribution is 5.79. The Bertz CT molecular complexity index is 744. The van der Waals surface area contributed by atoms with E-state index in [0.717, 1.165) is 5.56 Å². The van der Waals surface area contributed by atoms with E-state index in [-0.39, 0.29) is 30.8 Å². The minimum absolute atomic E-state index is 0.0209. The van der Waals surface area contributed by atoms with Crippen molar-refractivity contribution in [3.63, 3.8) is 0 Å². The van der Waals surface area contributed by atoms with E-state index >= 15 is 0 Å². The lowest BCUT2D eigenvalue weighted by Gasteiger charge is -2.29. The first kappa shape index (κ1) is 23.4. The molecule has 0 radical (unpaired) electrons. The third-order valence-electron chi connectivity index (χ3n) is 4.67. The molecule has 0 unspecified atom stereocenters. The number of urea groups is 1. The third kappa shape index (κ3) is 6.60. The van der Waals surface area contributed by atoms with E-state index in [1.165, 1.54) is 14.2 Å². The SMILES string of the molecule is COC(=O)CCCN1CCN([C@@H](CC(=O)OC(C)(C)C)c2ccc(OC)nc2)C1=O. The van der Waals surface area contributed by atoms with Crippen LogP contribution in [-0.2, 0) is 19.1 Å². The maximum Gasteiger partial charge on any atom is 0.320 e. The number of hydrogen-bond donors (Lipinski definition) is 0. The van der Waals surface area contributed by atoms with Crippen LogP contribution in [0.4, 0.5) is 4.79 Å². The van der Waals surface area contributed by atoms with E-state index in [2.05, 4.69) is 9.72 Å². The molecule has 1 fully saturated rings. The van der Waals surface area contributed by atoms with Gasteiger partial charge in [-0.2, -0.15) is 0 Å². The van der Waals surface area contributed by atoms with Gasteiger partial charge < -0.3 is 24.0 Å². The van der Waals surface area contributed by atoms with Crippen molar-refractivity contribution in [1.29, 1.82) is 0 Å². The lowest BCUT2D eigenvalue weighted by molar-refractivity contribution is -0.156. The molecule has 2 heterocycles. The molecular weight excluding hydrogens is 390 g/mol. The van der Waals surface area contributed by atoms with E-state index in [0.29, 0.717) is 31.9 Å². The first-order chi connectivity index (χ1) is 14.1. The van der Waals surface area contributed by atoms with E-state index < -0.39 is 11.6 Å². The summed E-state index contributed by atoms with van der Waals surface area (Å²) >= 11 is 0. The van der Waals surface area contributed by atoms with Crippen molar-refractivity contribution in [2.75, 3.05) is 33.9 Å². The molecule has 1 atom stereocenters. The van der Waals surface area contributed by atoms with Gasteiger partial charge in [0.1, 0.15) is 5.60 Å². The minimum Gasteiger partial charge on any atom is -0.481 e. The Kier molecular flexibility index (Phi) is 8.02. The van der Waals surface area contributed by atoms with Gasteiger partial charge in [0.15, 0.2) is 0 Å². The Labute approximate surface area is 177 Å². The van der Waals surface area contributed by atoms with Crippen LogP contribution in [-0.4, -0.2) is 72.2 Å². The van der Waals surface area contributed by atoms with Gasteiger partial charge in [-0.25, -0.2) is 9.78 Å². The van der Waals surface area contributed by atoms with E-state index in [1.807, 2.05) is 0 Å². The van der Waals surface area contributed by atoms with Gasteiger partial charge in [-0.15, -0.1) is 0 Å². The highest BCUT2D eigenvalue weighted by Gasteiger charge is 2.36. The Hall–Kier alpha value is -2.84. The topological polar surface area (TPSA) is 98.3 Å². The predicted octanol–water partition coefficient (Wildman–Crippen LogP) is 2.55. The van der Waals surface area contributed by atoms with Crippen LogP contribution < -0.4 is 4.74 Å². The zero-order valence-corrected chi connectivity index (χ0v) is 18.3. The zero-order chi connectivity index (χ0) is 22.3. The summed E-state index contributed by atoms with van der Waals surface area (Å²) in [4.78, 5) is 44.4. The second-order valence-corrected chi connectivity index (χ2v) is 8.08. The Morgan fingerprint density at radius 1 is 1.17 bits per heavy atom. The van der Waals surface area contributed by atoms with Crippen molar-refractivity contribution in [3.8, 4) is 5.88 Å². The van der Waals surface area contributed by atoms with Crippen molar-refractivity contribution < 1.29 is 28.6 Å². The maximum atomic E-state index is 13.0. The molecule has 1 aliphatic heterocycles. The smallest absolute Gasteiger partial charge is 0.320 e. The van der Waals surface area contributed by atoms with Crippen LogP contribution in [0, 0.1) is 0 Å². The summed E-state index contributed by atoms with van der Waals surface area (Å²) in [5, 5.41) is 0. The summed E-state index contributed by atoms with van der Waals surface area (Å²) in [7, 11) is 2.87. The number of pyridine rings is 1. The molecule has 0 aromatic carbocycles. The average Bonchev–Trinajstić information content (AvgIpc) is 3.05. The molecule has 1 aliphatic rings. The van der Waals surface area contributed by atoms with Gasteiger partial charge >= 0.3 is 18.0 Å². The minimum atomic E-state index is -0.616. The van der Waals surface area contributed by atoms with Gasteiger partial charge in [0.2, 0.25) is 5.88 Å². The summed E-state index contributed by atoms with van der Waals surface area (Å²) in [6, 6.07) is 2.82. The zero-order valence-electron chi connectivity index (χ0n) is 18.3. The van der Waals surface area contributed by atoms with Crippen LogP contribution in [0.15, 0.2) is 18.3 Å². The lowest BCUT2D eigenvalue weighted by atomic mass is 10.0. The molecule has 1 aromatic rings. The first-order valence-electron chi connectivity index (χ1n) is 9.98. The average molecular weight is 421 g/mol. The highest BCUT2D eigenvalue weighted by Crippen LogP contribution is 2.30. The summed E-state index contributed by atoms with van der Waals surface area (Å²) in [5.74, 6) is -0.238. The van der Waals surface area contributed by atoms with Gasteiger partial charge in [0, 0.05) is 38.3 Å². The highest BCUT2D eigenvalue weighted by atomic mass is 16.6. The van der Waals surface area contributed by atoms with Crippen LogP contribution in [0.5, 0.6) is 5.88 Å². The Morgan fingerprint density at radius 2 is 1.90 bits per heavy atom. The number of rotatable bonds is 9. The number of carbonyl (C=O) groups is 3. The number of amides is 2. The summed E-state index contributed by atoms with van der Waals surface area (Å²) in [6.07, 6.45) is 2.41. The number of aromatic nitrogens is 1. The molecule has 1 aromatic heterocycles. The molecule has 1 saturated heterocycles. The van der Waals surface area contributed by atoms with Crippen molar-refractivity contribution in [2.24, 2.45) is 0 Å². The van der Waals surface area contributed by atoms with Gasteiger partial charge in [0.25, 0.3) is 0 Å². The molecule has 9 nitrogen and oxygen atoms in total. The second kappa shape index (κ2) is 10.3. The van der Waals surface area contributed by atoms with Crippen LogP contribution in [0.3, 0.4) is 0 Å². The van der Waals surface area contributed by atoms with Crippen LogP contribution >= 0.6 is 0 Å². The fourth-order valence-corrected chi connectivity index (χ4v) is 3.27. The number of carbonyl (C=O) groups excluding carboxylic acids is 3. The molecule has 0 spiro atoms. The Morgan fingerprint density at radius 3 is 2.47 bits per heavy atom. The monoisotopic (exact) mass is 421 g/mol. The summed E-state index contributed by atoms with van der Waals surface area (Å²) < 4.78 is 15.2. The summed E-state index contributed by atoms with van der Waals surface area (Å²) in [5.41, 5.74) is 0.112. The Balaban J connectivity index is 2.14. The number of nitrogens with zero attached hydrogens (tertiary/aromatic N) is 3. The number of ether oxygens (including phenoxy) is 3. The van der Waals surface area contributed by atoms with Crippen molar-refractivity contribution in [2.45, 2.75) is 51.7 Å². The van der Waals surface area contributed by atoms with E-state index in [9.17, 15) is 14.4 Å². The third-order valence-corrected chi connectivity index (χ3v) is 4.67. The lowest BCUT2D eigenvalue weighted by Crippen LogP contribution is -2.37. The molecule has 30 heavy (non-hydrogen) atoms. The predicted molar refractivity (Wildman–Crippen MR) is 109 cm³/mol. The number of methoxy groups -OCH3 is 2. The standard InChI is InChI=1S/C21H31N3O6/c1-21(2,3)30-19(26)13-16(15-8-9-17(28-4)22-14-15)24-12-11-23(20(24)27)10-6-7-18(25)29-5/h8-9,14,16H,6-7,10-13H2,1-5H3/t16-/m0/s1. The van der Waals surface area contributed by atoms with Crippen molar-refractivity contribution >= 4 is 18.0 Å². The molecule has 2 rings (SSSR count). The maximum absolute atomic E-state index is 13.0. The molecule has 0 N–H and O–H groups in total. The molecule has 2 amide bonds. The van der Waals surface area contributed by atoms with Crippen molar-refractivity contribution in [3.05, 3.63) is 23.9 Å². The van der Waals surface area contributed by atoms with Crippen LogP contribution in [0.1, 0.15) is 51.6 Å². The van der Waals surface area contributed by atoms with Gasteiger partial charge in [-0.3, -0.25) is 9.59 Å². The summed E-state index contributed by atoms with van der Waals surface area (Å²) in [6.45, 7) is 6.85. The van der Waals surface area contributed by atoms with Crippen LogP contribution in [0.25, 0.3) is 0 Å². The quantitative estimate of drug-likeness (QED) is 0.565. The normalized spacial score (nSPS) is 15.2. The molecule has 166 valence electrons. The van der Waals surface area contributed by atoms with Gasteiger partial charge in [0.05, 0.1) is 26.7 Å². The molecular formula is C21H31N3O6. The second-order valence-electron chi connectivity index (χ2n) is 8.08. The fourth-order valence-electron chi connectivity index (χ4n) is 3.27. The molecule has 0 aliphatic carbocycles. The number of hydrogen-bond acceptors (Lipinski definition) is 7. The van der Waals surface area contributed by atoms with Crippen molar-refractivity contribution in [1.82, 2.24) is 14.8 Å². The molecule has 0 bridgehead atoms.